The number of piperidine rings is 1. The number of amides is 1. The van der Waals surface area contributed by atoms with Crippen LogP contribution in [0.4, 0.5) is 0 Å². The highest BCUT2D eigenvalue weighted by Gasteiger charge is 2.28. The van der Waals surface area contributed by atoms with E-state index >= 15 is 0 Å². The molecular weight excluding hydrogens is 234 g/mol. The second-order valence-corrected chi connectivity index (χ2v) is 5.70. The number of carbonyl (C=O) groups is 1. The molecule has 0 spiro atoms. The van der Waals surface area contributed by atoms with Gasteiger partial charge >= 0.3 is 0 Å². The topological polar surface area (TPSA) is 45.2 Å². The van der Waals surface area contributed by atoms with Gasteiger partial charge in [0.15, 0.2) is 0 Å². The average Bonchev–Trinajstić information content (AvgIpc) is 2.70. The van der Waals surface area contributed by atoms with Crippen molar-refractivity contribution in [1.29, 1.82) is 0 Å². The maximum Gasteiger partial charge on any atom is 0.240 e. The highest BCUT2D eigenvalue weighted by Crippen LogP contribution is 2.18. The summed E-state index contributed by atoms with van der Waals surface area (Å²) >= 11 is 1.67. The molecule has 1 unspecified atom stereocenters. The predicted molar refractivity (Wildman–Crippen MR) is 69.0 cm³/mol. The van der Waals surface area contributed by atoms with Crippen LogP contribution >= 0.6 is 11.3 Å². The molecule has 1 atom stereocenters. The number of likely N-dealkylation sites (N-methyl/N-ethyl adjacent to an activating group) is 1. The Labute approximate surface area is 106 Å². The second-order valence-electron chi connectivity index (χ2n) is 4.38. The number of aromatic nitrogens is 1. The normalized spacial score (nSPS) is 20.9. The van der Waals surface area contributed by atoms with Crippen molar-refractivity contribution in [2.75, 3.05) is 13.1 Å². The Morgan fingerprint density at radius 1 is 1.65 bits per heavy atom. The number of hydrogen-bond donors (Lipinski definition) is 1. The summed E-state index contributed by atoms with van der Waals surface area (Å²) in [6.45, 7) is 6.45. The summed E-state index contributed by atoms with van der Waals surface area (Å²) in [4.78, 5) is 19.6. The summed E-state index contributed by atoms with van der Waals surface area (Å²) in [7, 11) is 0. The third kappa shape index (κ3) is 3.04. The highest BCUT2D eigenvalue weighted by atomic mass is 32.1. The second kappa shape index (κ2) is 5.60. The molecule has 94 valence electrons. The van der Waals surface area contributed by atoms with Gasteiger partial charge in [0.05, 0.1) is 12.6 Å². The number of hydrogen-bond acceptors (Lipinski definition) is 4. The lowest BCUT2D eigenvalue weighted by Crippen LogP contribution is -2.50. The quantitative estimate of drug-likeness (QED) is 0.885. The van der Waals surface area contributed by atoms with Crippen molar-refractivity contribution in [3.05, 3.63) is 16.1 Å². The lowest BCUT2D eigenvalue weighted by molar-refractivity contribution is -0.136. The summed E-state index contributed by atoms with van der Waals surface area (Å²) in [6.07, 6.45) is 3.91. The molecule has 1 aliphatic heterocycles. The number of carbonyl (C=O) groups excluding carboxylic acids is 1. The van der Waals surface area contributed by atoms with Crippen LogP contribution in [0.5, 0.6) is 0 Å². The molecule has 17 heavy (non-hydrogen) atoms. The van der Waals surface area contributed by atoms with Crippen molar-refractivity contribution in [1.82, 2.24) is 15.2 Å². The van der Waals surface area contributed by atoms with Gasteiger partial charge in [-0.25, -0.2) is 4.98 Å². The van der Waals surface area contributed by atoms with Crippen molar-refractivity contribution < 1.29 is 4.79 Å². The molecular formula is C12H19N3OS. The third-order valence-corrected chi connectivity index (χ3v) is 3.87. The molecule has 2 rings (SSSR count). The van der Waals surface area contributed by atoms with Crippen molar-refractivity contribution in [2.45, 2.75) is 39.3 Å². The zero-order chi connectivity index (χ0) is 12.3. The number of nitrogens with zero attached hydrogens (tertiary/aromatic N) is 2. The minimum Gasteiger partial charge on any atom is -0.335 e. The van der Waals surface area contributed by atoms with E-state index in [0.29, 0.717) is 6.54 Å². The molecule has 1 aliphatic rings. The van der Waals surface area contributed by atoms with Crippen LogP contribution in [0, 0.1) is 6.92 Å². The van der Waals surface area contributed by atoms with Gasteiger partial charge < -0.3 is 10.2 Å². The molecule has 1 amide bonds. The Morgan fingerprint density at radius 2 is 2.47 bits per heavy atom. The van der Waals surface area contributed by atoms with E-state index in [1.807, 2.05) is 24.9 Å². The molecule has 4 nitrogen and oxygen atoms in total. The molecule has 2 heterocycles. The van der Waals surface area contributed by atoms with Crippen LogP contribution in [0.1, 0.15) is 29.7 Å². The van der Waals surface area contributed by atoms with Crippen LogP contribution in [-0.2, 0) is 11.3 Å². The minimum atomic E-state index is 0.00908. The van der Waals surface area contributed by atoms with Crippen molar-refractivity contribution >= 4 is 17.2 Å². The van der Waals surface area contributed by atoms with E-state index in [0.717, 1.165) is 30.9 Å². The fourth-order valence-corrected chi connectivity index (χ4v) is 2.97. The number of likely N-dealkylation sites (tertiary alicyclic amines) is 1. The molecule has 1 fully saturated rings. The van der Waals surface area contributed by atoms with Gasteiger partial charge in [0.25, 0.3) is 0 Å². The zero-order valence-electron chi connectivity index (χ0n) is 10.4. The zero-order valence-corrected chi connectivity index (χ0v) is 11.2. The van der Waals surface area contributed by atoms with Gasteiger partial charge in [0, 0.05) is 17.6 Å². The Hall–Kier alpha value is -0.940. The van der Waals surface area contributed by atoms with Gasteiger partial charge in [-0.05, 0) is 26.3 Å². The van der Waals surface area contributed by atoms with Crippen molar-refractivity contribution in [3.8, 4) is 0 Å². The van der Waals surface area contributed by atoms with E-state index in [9.17, 15) is 4.79 Å². The van der Waals surface area contributed by atoms with E-state index in [2.05, 4.69) is 10.3 Å². The lowest BCUT2D eigenvalue weighted by Gasteiger charge is -2.32. The van der Waals surface area contributed by atoms with Gasteiger partial charge in [-0.2, -0.15) is 0 Å². The van der Waals surface area contributed by atoms with Crippen LogP contribution in [0.25, 0.3) is 0 Å². The maximum absolute atomic E-state index is 12.2. The molecule has 0 radical (unpaired) electrons. The summed E-state index contributed by atoms with van der Waals surface area (Å²) < 4.78 is 0. The SMILES string of the molecule is CCNC1CCCN(Cc2ncc(C)s2)C1=O. The Kier molecular flexibility index (Phi) is 4.12. The maximum atomic E-state index is 12.2. The monoisotopic (exact) mass is 253 g/mol. The summed E-state index contributed by atoms with van der Waals surface area (Å²) in [5.41, 5.74) is 0. The van der Waals surface area contributed by atoms with Crippen molar-refractivity contribution in [2.24, 2.45) is 0 Å². The fourth-order valence-electron chi connectivity index (χ4n) is 2.17. The summed E-state index contributed by atoms with van der Waals surface area (Å²) in [5.74, 6) is 0.228. The Morgan fingerprint density at radius 3 is 3.12 bits per heavy atom. The summed E-state index contributed by atoms with van der Waals surface area (Å²) in [5, 5.41) is 4.28. The van der Waals surface area contributed by atoms with Crippen LogP contribution in [-0.4, -0.2) is 34.9 Å². The first kappa shape index (κ1) is 12.5. The molecule has 1 aromatic heterocycles. The molecule has 5 heteroatoms. The average molecular weight is 253 g/mol. The predicted octanol–water partition coefficient (Wildman–Crippen LogP) is 1.55. The number of nitrogens with one attached hydrogen (secondary N) is 1. The van der Waals surface area contributed by atoms with E-state index in [1.54, 1.807) is 11.3 Å². The van der Waals surface area contributed by atoms with E-state index in [-0.39, 0.29) is 11.9 Å². The summed E-state index contributed by atoms with van der Waals surface area (Å²) in [6, 6.07) is 0.00908. The smallest absolute Gasteiger partial charge is 0.240 e. The van der Waals surface area contributed by atoms with Gasteiger partial charge in [0.2, 0.25) is 5.91 Å². The Bertz CT molecular complexity index is 389. The molecule has 1 N–H and O–H groups in total. The number of rotatable bonds is 4. The number of aryl methyl sites for hydroxylation is 1. The molecule has 1 aromatic rings. The molecule has 0 aliphatic carbocycles. The van der Waals surface area contributed by atoms with Gasteiger partial charge in [-0.3, -0.25) is 4.79 Å². The van der Waals surface area contributed by atoms with Crippen LogP contribution < -0.4 is 5.32 Å². The van der Waals surface area contributed by atoms with Crippen molar-refractivity contribution in [3.63, 3.8) is 0 Å². The van der Waals surface area contributed by atoms with Crippen LogP contribution in [0.15, 0.2) is 6.20 Å². The molecule has 0 saturated carbocycles. The van der Waals surface area contributed by atoms with E-state index in [1.165, 1.54) is 4.88 Å². The lowest BCUT2D eigenvalue weighted by atomic mass is 10.0. The molecule has 0 aromatic carbocycles. The van der Waals surface area contributed by atoms with Gasteiger partial charge in [-0.15, -0.1) is 11.3 Å². The largest absolute Gasteiger partial charge is 0.335 e. The molecule has 0 bridgehead atoms. The highest BCUT2D eigenvalue weighted by molar-refractivity contribution is 7.11. The van der Waals surface area contributed by atoms with E-state index < -0.39 is 0 Å². The third-order valence-electron chi connectivity index (χ3n) is 2.98. The van der Waals surface area contributed by atoms with E-state index in [4.69, 9.17) is 0 Å². The van der Waals surface area contributed by atoms with Gasteiger partial charge in [0.1, 0.15) is 5.01 Å². The first-order valence-corrected chi connectivity index (χ1v) is 6.96. The van der Waals surface area contributed by atoms with Crippen LogP contribution in [0.3, 0.4) is 0 Å². The minimum absolute atomic E-state index is 0.00908. The standard InChI is InChI=1S/C12H19N3OS/c1-3-13-10-5-4-6-15(12(10)16)8-11-14-7-9(2)17-11/h7,10,13H,3-6,8H2,1-2H3. The fraction of sp³-hybridized carbons (Fsp3) is 0.667. The number of thiazole rings is 1. The Balaban J connectivity index is 1.98. The first-order chi connectivity index (χ1) is 8.20. The molecule has 1 saturated heterocycles. The van der Waals surface area contributed by atoms with Gasteiger partial charge in [-0.1, -0.05) is 6.92 Å². The van der Waals surface area contributed by atoms with Crippen LogP contribution in [0.2, 0.25) is 0 Å². The first-order valence-electron chi connectivity index (χ1n) is 6.14.